The maximum atomic E-state index is 13.3. The molecule has 0 aromatic heterocycles. The van der Waals surface area contributed by atoms with Crippen LogP contribution < -0.4 is 5.73 Å². The molecule has 0 saturated carbocycles. The van der Waals surface area contributed by atoms with Crippen LogP contribution in [0.25, 0.3) is 0 Å². The summed E-state index contributed by atoms with van der Waals surface area (Å²) in [6, 6.07) is 0.912. The zero-order valence-corrected chi connectivity index (χ0v) is 11.2. The molecule has 0 saturated heterocycles. The Bertz CT molecular complexity index is 453. The van der Waals surface area contributed by atoms with Gasteiger partial charge in [-0.05, 0) is 24.1 Å². The van der Waals surface area contributed by atoms with Crippen LogP contribution in [0.1, 0.15) is 23.7 Å². The van der Waals surface area contributed by atoms with Crippen molar-refractivity contribution >= 4 is 21.6 Å². The lowest BCUT2D eigenvalue weighted by Crippen LogP contribution is -2.23. The van der Waals surface area contributed by atoms with Crippen LogP contribution in [0.2, 0.25) is 0 Å². The van der Waals surface area contributed by atoms with Crippen LogP contribution in [0.15, 0.2) is 12.1 Å². The highest BCUT2D eigenvalue weighted by molar-refractivity contribution is 9.09. The molecule has 8 heteroatoms. The molecule has 0 amide bonds. The van der Waals surface area contributed by atoms with Crippen molar-refractivity contribution in [3.05, 3.63) is 29.1 Å². The zero-order chi connectivity index (χ0) is 14.8. The molecule has 108 valence electrons. The van der Waals surface area contributed by atoms with Crippen LogP contribution >= 0.6 is 15.9 Å². The molecule has 0 aliphatic heterocycles. The van der Waals surface area contributed by atoms with Crippen molar-refractivity contribution in [2.24, 2.45) is 0 Å². The van der Waals surface area contributed by atoms with E-state index < -0.39 is 41.0 Å². The van der Waals surface area contributed by atoms with Crippen molar-refractivity contribution in [2.45, 2.75) is 24.8 Å². The predicted molar refractivity (Wildman–Crippen MR) is 65.2 cm³/mol. The summed E-state index contributed by atoms with van der Waals surface area (Å²) < 4.78 is 51.6. The first-order valence-corrected chi connectivity index (χ1v) is 6.38. The molecule has 0 fully saturated rings. The highest BCUT2D eigenvalue weighted by Gasteiger charge is 2.37. The summed E-state index contributed by atoms with van der Waals surface area (Å²) in [6.45, 7) is 0. The van der Waals surface area contributed by atoms with Gasteiger partial charge in [-0.2, -0.15) is 13.2 Å². The van der Waals surface area contributed by atoms with E-state index in [1.165, 1.54) is 0 Å². The van der Waals surface area contributed by atoms with E-state index in [9.17, 15) is 27.8 Å². The quantitative estimate of drug-likeness (QED) is 0.446. The molecule has 1 rings (SSSR count). The number of aliphatic hydroxyl groups is 2. The van der Waals surface area contributed by atoms with Crippen molar-refractivity contribution in [3.63, 3.8) is 0 Å². The monoisotopic (exact) mass is 345 g/mol. The van der Waals surface area contributed by atoms with E-state index in [4.69, 9.17) is 5.73 Å². The third-order valence-electron chi connectivity index (χ3n) is 2.56. The SMILES string of the molecule is Nc1cc(C(F)(F)F)c(C(O)C(O)CCBr)cc1F. The second kappa shape index (κ2) is 6.06. The van der Waals surface area contributed by atoms with Crippen LogP contribution in [0.4, 0.5) is 23.2 Å². The Kier molecular flexibility index (Phi) is 5.17. The maximum Gasteiger partial charge on any atom is 0.416 e. The van der Waals surface area contributed by atoms with Gasteiger partial charge in [-0.15, -0.1) is 0 Å². The van der Waals surface area contributed by atoms with Gasteiger partial charge in [-0.3, -0.25) is 0 Å². The fraction of sp³-hybridized carbons (Fsp3) is 0.455. The predicted octanol–water partition coefficient (Wildman–Crippen LogP) is 2.61. The van der Waals surface area contributed by atoms with Gasteiger partial charge >= 0.3 is 6.18 Å². The molecule has 2 unspecified atom stereocenters. The van der Waals surface area contributed by atoms with Gasteiger partial charge in [0.2, 0.25) is 0 Å². The Labute approximate surface area is 115 Å². The van der Waals surface area contributed by atoms with Crippen LogP contribution in [0, 0.1) is 5.82 Å². The molecule has 0 aliphatic rings. The fourth-order valence-corrected chi connectivity index (χ4v) is 2.04. The molecule has 0 bridgehead atoms. The Morgan fingerprint density at radius 3 is 2.32 bits per heavy atom. The summed E-state index contributed by atoms with van der Waals surface area (Å²) >= 11 is 2.99. The molecule has 1 aromatic rings. The van der Waals surface area contributed by atoms with Crippen LogP contribution in [0.3, 0.4) is 0 Å². The highest BCUT2D eigenvalue weighted by Crippen LogP contribution is 2.38. The first-order valence-electron chi connectivity index (χ1n) is 5.26. The van der Waals surface area contributed by atoms with E-state index >= 15 is 0 Å². The Morgan fingerprint density at radius 1 is 1.26 bits per heavy atom. The van der Waals surface area contributed by atoms with Crippen LogP contribution in [-0.2, 0) is 6.18 Å². The minimum atomic E-state index is -4.80. The smallest absolute Gasteiger partial charge is 0.396 e. The molecule has 1 aromatic carbocycles. The average Bonchev–Trinajstić information content (AvgIpc) is 2.30. The summed E-state index contributed by atoms with van der Waals surface area (Å²) in [7, 11) is 0. The van der Waals surface area contributed by atoms with Gasteiger partial charge in [0.05, 0.1) is 17.4 Å². The molecule has 0 radical (unpaired) electrons. The summed E-state index contributed by atoms with van der Waals surface area (Å²) in [5.74, 6) is -1.08. The first kappa shape index (κ1) is 16.2. The van der Waals surface area contributed by atoms with E-state index in [0.717, 1.165) is 0 Å². The summed E-state index contributed by atoms with van der Waals surface area (Å²) in [6.07, 6.45) is -8.07. The third kappa shape index (κ3) is 3.80. The maximum absolute atomic E-state index is 13.3. The number of halogens is 5. The fourth-order valence-electron chi connectivity index (χ4n) is 1.57. The number of alkyl halides is 4. The molecule has 0 heterocycles. The van der Waals surface area contributed by atoms with Crippen molar-refractivity contribution in [1.82, 2.24) is 0 Å². The van der Waals surface area contributed by atoms with Gasteiger partial charge in [0.1, 0.15) is 11.9 Å². The molecule has 2 atom stereocenters. The zero-order valence-electron chi connectivity index (χ0n) is 9.59. The van der Waals surface area contributed by atoms with E-state index in [2.05, 4.69) is 15.9 Å². The Hall–Kier alpha value is -0.860. The molecule has 0 aliphatic carbocycles. The van der Waals surface area contributed by atoms with Crippen molar-refractivity contribution in [2.75, 3.05) is 11.1 Å². The average molecular weight is 346 g/mol. The number of aliphatic hydroxyl groups excluding tert-OH is 2. The van der Waals surface area contributed by atoms with Crippen molar-refractivity contribution < 1.29 is 27.8 Å². The van der Waals surface area contributed by atoms with E-state index in [1.54, 1.807) is 0 Å². The van der Waals surface area contributed by atoms with Gasteiger partial charge in [-0.1, -0.05) is 15.9 Å². The summed E-state index contributed by atoms with van der Waals surface area (Å²) in [5, 5.41) is 19.5. The van der Waals surface area contributed by atoms with E-state index in [-0.39, 0.29) is 11.8 Å². The van der Waals surface area contributed by atoms with Gasteiger partial charge in [0.25, 0.3) is 0 Å². The lowest BCUT2D eigenvalue weighted by molar-refractivity contribution is -0.139. The third-order valence-corrected chi connectivity index (χ3v) is 3.02. The first-order chi connectivity index (χ1) is 8.68. The van der Waals surface area contributed by atoms with Crippen LogP contribution in [0.5, 0.6) is 0 Å². The Morgan fingerprint density at radius 2 is 1.84 bits per heavy atom. The molecule has 3 nitrogen and oxygen atoms in total. The van der Waals surface area contributed by atoms with Gasteiger partial charge in [0, 0.05) is 5.33 Å². The summed E-state index contributed by atoms with van der Waals surface area (Å²) in [5.41, 5.74) is 2.44. The number of benzene rings is 1. The van der Waals surface area contributed by atoms with E-state index in [1.807, 2.05) is 0 Å². The molecule has 19 heavy (non-hydrogen) atoms. The largest absolute Gasteiger partial charge is 0.416 e. The topological polar surface area (TPSA) is 66.5 Å². The van der Waals surface area contributed by atoms with Crippen LogP contribution in [-0.4, -0.2) is 21.6 Å². The number of nitrogens with two attached hydrogens (primary N) is 1. The second-order valence-electron chi connectivity index (χ2n) is 3.95. The van der Waals surface area contributed by atoms with Crippen molar-refractivity contribution in [3.8, 4) is 0 Å². The molecule has 0 spiro atoms. The second-order valence-corrected chi connectivity index (χ2v) is 4.74. The number of nitrogen functional groups attached to an aromatic ring is 1. The summed E-state index contributed by atoms with van der Waals surface area (Å²) in [4.78, 5) is 0. The molecular weight excluding hydrogens is 334 g/mol. The van der Waals surface area contributed by atoms with Gasteiger partial charge < -0.3 is 15.9 Å². The normalized spacial score (nSPS) is 15.3. The number of anilines is 1. The molecule has 4 N–H and O–H groups in total. The number of rotatable bonds is 4. The standard InChI is InChI=1S/C11H12BrF4NO2/c12-2-1-9(18)10(19)5-3-7(13)8(17)4-6(5)11(14,15)16/h3-4,9-10,18-19H,1-2,17H2. The number of hydrogen-bond acceptors (Lipinski definition) is 3. The van der Waals surface area contributed by atoms with Gasteiger partial charge in [-0.25, -0.2) is 4.39 Å². The number of hydrogen-bond donors (Lipinski definition) is 3. The van der Waals surface area contributed by atoms with E-state index in [0.29, 0.717) is 12.1 Å². The minimum Gasteiger partial charge on any atom is -0.396 e. The van der Waals surface area contributed by atoms with Gasteiger partial charge in [0.15, 0.2) is 0 Å². The van der Waals surface area contributed by atoms with Crippen molar-refractivity contribution in [1.29, 1.82) is 0 Å². The Balaban J connectivity index is 3.28. The lowest BCUT2D eigenvalue weighted by Gasteiger charge is -2.22. The lowest BCUT2D eigenvalue weighted by atomic mass is 9.96. The minimum absolute atomic E-state index is 0.0183. The highest BCUT2D eigenvalue weighted by atomic mass is 79.9. The molecular formula is C11H12BrF4NO2.